The molecule has 0 bridgehead atoms. The number of benzene rings is 1. The Kier molecular flexibility index (Phi) is 4.18. The first-order valence-electron chi connectivity index (χ1n) is 5.96. The van der Waals surface area contributed by atoms with E-state index in [2.05, 4.69) is 5.32 Å². The Balaban J connectivity index is 2.18. The van der Waals surface area contributed by atoms with Gasteiger partial charge in [-0.3, -0.25) is 4.79 Å². The zero-order valence-electron chi connectivity index (χ0n) is 10.6. The monoisotopic (exact) mass is 284 g/mol. The molecule has 19 heavy (non-hydrogen) atoms. The van der Waals surface area contributed by atoms with Crippen LogP contribution >= 0.6 is 0 Å². The van der Waals surface area contributed by atoms with Crippen LogP contribution in [0.1, 0.15) is 13.3 Å². The largest absolute Gasteiger partial charge is 0.365 e. The Bertz CT molecular complexity index is 548. The van der Waals surface area contributed by atoms with E-state index < -0.39 is 10.0 Å². The minimum atomic E-state index is -3.51. The van der Waals surface area contributed by atoms with Crippen molar-refractivity contribution in [3.05, 3.63) is 24.3 Å². The van der Waals surface area contributed by atoms with Crippen LogP contribution in [-0.2, 0) is 19.6 Å². The molecular formula is C12H16N2O4S. The number of rotatable bonds is 3. The van der Waals surface area contributed by atoms with Crippen molar-refractivity contribution in [1.82, 2.24) is 4.31 Å². The van der Waals surface area contributed by atoms with Gasteiger partial charge in [-0.15, -0.1) is 0 Å². The zero-order chi connectivity index (χ0) is 13.9. The van der Waals surface area contributed by atoms with Gasteiger partial charge in [0.05, 0.1) is 4.90 Å². The predicted molar refractivity (Wildman–Crippen MR) is 70.1 cm³/mol. The predicted octanol–water partition coefficient (Wildman–Crippen LogP) is 1.01. The molecule has 0 aromatic heterocycles. The van der Waals surface area contributed by atoms with E-state index in [0.29, 0.717) is 25.3 Å². The molecule has 1 fully saturated rings. The first kappa shape index (κ1) is 14.0. The van der Waals surface area contributed by atoms with Crippen LogP contribution in [0.15, 0.2) is 29.2 Å². The summed E-state index contributed by atoms with van der Waals surface area (Å²) in [7, 11) is -3.51. The fourth-order valence-corrected chi connectivity index (χ4v) is 3.19. The molecule has 0 radical (unpaired) electrons. The van der Waals surface area contributed by atoms with E-state index in [9.17, 15) is 13.2 Å². The molecule has 6 nitrogen and oxygen atoms in total. The van der Waals surface area contributed by atoms with Crippen molar-refractivity contribution in [3.63, 3.8) is 0 Å². The zero-order valence-corrected chi connectivity index (χ0v) is 11.4. The van der Waals surface area contributed by atoms with E-state index in [1.165, 1.54) is 23.4 Å². The van der Waals surface area contributed by atoms with Crippen LogP contribution in [0, 0.1) is 0 Å². The van der Waals surface area contributed by atoms with Crippen molar-refractivity contribution in [1.29, 1.82) is 0 Å². The molecule has 1 saturated heterocycles. The minimum Gasteiger partial charge on any atom is -0.365 e. The van der Waals surface area contributed by atoms with Crippen molar-refractivity contribution < 1.29 is 17.9 Å². The average molecular weight is 284 g/mol. The van der Waals surface area contributed by atoms with E-state index in [4.69, 9.17) is 4.74 Å². The lowest BCUT2D eigenvalue weighted by atomic mass is 10.3. The maximum atomic E-state index is 12.3. The van der Waals surface area contributed by atoms with Gasteiger partial charge in [0, 0.05) is 25.8 Å². The molecule has 0 unspecified atom stereocenters. The van der Waals surface area contributed by atoms with Crippen LogP contribution < -0.4 is 5.32 Å². The van der Waals surface area contributed by atoms with Crippen LogP contribution in [0.25, 0.3) is 0 Å². The molecule has 1 heterocycles. The molecule has 1 N–H and O–H groups in total. The highest BCUT2D eigenvalue weighted by atomic mass is 32.2. The number of nitrogens with zero attached hydrogens (tertiary/aromatic N) is 1. The normalized spacial score (nSPS) is 17.1. The molecule has 0 saturated carbocycles. The van der Waals surface area contributed by atoms with E-state index in [0.717, 1.165) is 0 Å². The molecule has 0 aliphatic carbocycles. The number of anilines is 1. The summed E-state index contributed by atoms with van der Waals surface area (Å²) in [6, 6.07) is 6.10. The smallest absolute Gasteiger partial charge is 0.245 e. The molecular weight excluding hydrogens is 268 g/mol. The summed E-state index contributed by atoms with van der Waals surface area (Å²) in [6.45, 7) is 2.55. The summed E-state index contributed by atoms with van der Waals surface area (Å²) in [6.07, 6.45) is 0.698. The van der Waals surface area contributed by atoms with Crippen molar-refractivity contribution in [3.8, 4) is 0 Å². The van der Waals surface area contributed by atoms with Gasteiger partial charge >= 0.3 is 0 Å². The number of hydrogen-bond donors (Lipinski definition) is 1. The third kappa shape index (κ3) is 3.31. The van der Waals surface area contributed by atoms with E-state index in [-0.39, 0.29) is 17.5 Å². The van der Waals surface area contributed by atoms with Crippen molar-refractivity contribution in [2.24, 2.45) is 0 Å². The Labute approximate surface area is 112 Å². The molecule has 1 amide bonds. The molecule has 0 atom stereocenters. The van der Waals surface area contributed by atoms with Crippen molar-refractivity contribution in [2.75, 3.05) is 25.2 Å². The Morgan fingerprint density at radius 1 is 1.32 bits per heavy atom. The first-order valence-corrected chi connectivity index (χ1v) is 7.40. The number of carbonyl (C=O) groups is 1. The number of sulfonamides is 1. The maximum Gasteiger partial charge on any atom is 0.245 e. The molecule has 1 aliphatic heterocycles. The van der Waals surface area contributed by atoms with E-state index in [1.54, 1.807) is 12.1 Å². The fourth-order valence-electron chi connectivity index (χ4n) is 1.83. The van der Waals surface area contributed by atoms with Gasteiger partial charge in [0.1, 0.15) is 6.73 Å². The number of carbonyl (C=O) groups excluding carboxylic acids is 1. The van der Waals surface area contributed by atoms with Crippen LogP contribution in [0.5, 0.6) is 0 Å². The molecule has 1 aromatic carbocycles. The van der Waals surface area contributed by atoms with Crippen molar-refractivity contribution >= 4 is 21.6 Å². The van der Waals surface area contributed by atoms with Gasteiger partial charge in [-0.25, -0.2) is 8.42 Å². The van der Waals surface area contributed by atoms with Gasteiger partial charge in [-0.05, 0) is 30.7 Å². The highest BCUT2D eigenvalue weighted by molar-refractivity contribution is 7.89. The number of hydrogen-bond acceptors (Lipinski definition) is 4. The van der Waals surface area contributed by atoms with Crippen LogP contribution in [0.2, 0.25) is 0 Å². The van der Waals surface area contributed by atoms with Crippen LogP contribution in [0.3, 0.4) is 0 Å². The first-order chi connectivity index (χ1) is 9.00. The summed E-state index contributed by atoms with van der Waals surface area (Å²) >= 11 is 0. The minimum absolute atomic E-state index is 0.0930. The number of amides is 1. The van der Waals surface area contributed by atoms with Crippen LogP contribution in [0.4, 0.5) is 5.69 Å². The fraction of sp³-hybridized carbons (Fsp3) is 0.417. The Hall–Kier alpha value is -1.44. The molecule has 1 aromatic rings. The standard InChI is InChI=1S/C12H16N2O4S/c1-10(15)13-11-3-5-12(6-4-11)19(16,17)14-7-2-8-18-9-14/h3-6H,2,7-9H2,1H3,(H,13,15). The lowest BCUT2D eigenvalue weighted by Crippen LogP contribution is -2.38. The lowest BCUT2D eigenvalue weighted by Gasteiger charge is -2.25. The van der Waals surface area contributed by atoms with Gasteiger partial charge in [-0.1, -0.05) is 0 Å². The average Bonchev–Trinajstić information content (AvgIpc) is 2.40. The molecule has 104 valence electrons. The van der Waals surface area contributed by atoms with E-state index in [1.807, 2.05) is 0 Å². The summed E-state index contributed by atoms with van der Waals surface area (Å²) in [5.74, 6) is -0.194. The Morgan fingerprint density at radius 2 is 2.00 bits per heavy atom. The van der Waals surface area contributed by atoms with Gasteiger partial charge in [-0.2, -0.15) is 4.31 Å². The molecule has 7 heteroatoms. The summed E-state index contributed by atoms with van der Waals surface area (Å²) < 4.78 is 31.0. The lowest BCUT2D eigenvalue weighted by molar-refractivity contribution is -0.114. The second-order valence-corrected chi connectivity index (χ2v) is 6.21. The quantitative estimate of drug-likeness (QED) is 0.899. The topological polar surface area (TPSA) is 75.7 Å². The second kappa shape index (κ2) is 5.68. The maximum absolute atomic E-state index is 12.3. The Morgan fingerprint density at radius 3 is 2.53 bits per heavy atom. The van der Waals surface area contributed by atoms with Gasteiger partial charge in [0.2, 0.25) is 15.9 Å². The van der Waals surface area contributed by atoms with Gasteiger partial charge in [0.25, 0.3) is 0 Å². The number of ether oxygens (including phenoxy) is 1. The highest BCUT2D eigenvalue weighted by Gasteiger charge is 2.26. The summed E-state index contributed by atoms with van der Waals surface area (Å²) in [5, 5.41) is 2.59. The number of nitrogens with one attached hydrogen (secondary N) is 1. The summed E-state index contributed by atoms with van der Waals surface area (Å²) in [5.41, 5.74) is 0.571. The third-order valence-corrected chi connectivity index (χ3v) is 4.58. The molecule has 1 aliphatic rings. The molecule has 2 rings (SSSR count). The SMILES string of the molecule is CC(=O)Nc1ccc(S(=O)(=O)N2CCCOC2)cc1. The third-order valence-electron chi connectivity index (χ3n) is 2.74. The summed E-state index contributed by atoms with van der Waals surface area (Å²) in [4.78, 5) is 11.1. The van der Waals surface area contributed by atoms with Crippen molar-refractivity contribution in [2.45, 2.75) is 18.2 Å². The van der Waals surface area contributed by atoms with Gasteiger partial charge < -0.3 is 10.1 Å². The highest BCUT2D eigenvalue weighted by Crippen LogP contribution is 2.20. The molecule has 0 spiro atoms. The second-order valence-electron chi connectivity index (χ2n) is 4.28. The van der Waals surface area contributed by atoms with Crippen LogP contribution in [-0.4, -0.2) is 38.5 Å². The van der Waals surface area contributed by atoms with Gasteiger partial charge in [0.15, 0.2) is 0 Å². The van der Waals surface area contributed by atoms with E-state index >= 15 is 0 Å².